The number of hydrogen-bond donors (Lipinski definition) is 1. The number of esters is 3. The Kier molecular flexibility index (Phi) is 17.1. The molecule has 0 bridgehead atoms. The van der Waals surface area contributed by atoms with Crippen LogP contribution in [-0.4, -0.2) is 62.2 Å². The average molecular weight is 687 g/mol. The first-order chi connectivity index (χ1) is 24.3. The highest BCUT2D eigenvalue weighted by Crippen LogP contribution is 2.24. The first kappa shape index (κ1) is 38.8. The highest BCUT2D eigenvalue weighted by Gasteiger charge is 2.08. The van der Waals surface area contributed by atoms with Crippen LogP contribution in [0.25, 0.3) is 17.2 Å². The Hall–Kier alpha value is -5.68. The van der Waals surface area contributed by atoms with Gasteiger partial charge in [0.25, 0.3) is 0 Å². The highest BCUT2D eigenvalue weighted by atomic mass is 16.7. The molecule has 50 heavy (non-hydrogen) atoms. The Bertz CT molecular complexity index is 1570. The van der Waals surface area contributed by atoms with Crippen molar-refractivity contribution in [3.63, 3.8) is 0 Å². The first-order valence-corrected chi connectivity index (χ1v) is 16.2. The normalized spacial score (nSPS) is 10.6. The van der Waals surface area contributed by atoms with Gasteiger partial charge in [-0.25, -0.2) is 19.2 Å². The van der Waals surface area contributed by atoms with Crippen molar-refractivity contribution in [1.29, 1.82) is 0 Å². The molecule has 0 spiro atoms. The average Bonchev–Trinajstić information content (AvgIpc) is 3.13. The van der Waals surface area contributed by atoms with Crippen molar-refractivity contribution in [2.45, 2.75) is 38.5 Å². The molecule has 0 unspecified atom stereocenters. The van der Waals surface area contributed by atoms with Gasteiger partial charge in [-0.2, -0.15) is 0 Å². The summed E-state index contributed by atoms with van der Waals surface area (Å²) in [5.41, 5.74) is 2.70. The molecule has 11 heteroatoms. The van der Waals surface area contributed by atoms with Crippen molar-refractivity contribution in [1.82, 2.24) is 0 Å². The molecule has 0 saturated carbocycles. The molecular formula is C39H42O11. The number of carbonyl (C=O) groups excluding carboxylic acids is 4. The molecule has 11 nitrogen and oxygen atoms in total. The van der Waals surface area contributed by atoms with Crippen molar-refractivity contribution in [3.8, 4) is 28.4 Å². The van der Waals surface area contributed by atoms with Crippen molar-refractivity contribution in [2.24, 2.45) is 0 Å². The molecule has 0 aliphatic rings. The van der Waals surface area contributed by atoms with Crippen LogP contribution >= 0.6 is 0 Å². The minimum absolute atomic E-state index is 0.0486. The zero-order chi connectivity index (χ0) is 36.0. The Morgan fingerprint density at radius 2 is 1.12 bits per heavy atom. The Labute approximate surface area is 291 Å². The summed E-state index contributed by atoms with van der Waals surface area (Å²) in [5.74, 6) is -0.179. The summed E-state index contributed by atoms with van der Waals surface area (Å²) in [4.78, 5) is 46.7. The third-order valence-electron chi connectivity index (χ3n) is 6.94. The van der Waals surface area contributed by atoms with Crippen molar-refractivity contribution >= 4 is 30.1 Å². The third-order valence-corrected chi connectivity index (χ3v) is 6.94. The number of rotatable bonds is 21. The lowest BCUT2D eigenvalue weighted by atomic mass is 10.0. The molecule has 0 aromatic heterocycles. The van der Waals surface area contributed by atoms with Gasteiger partial charge in [0.2, 0.25) is 0 Å². The Balaban J connectivity index is 1.32. The van der Waals surface area contributed by atoms with Crippen LogP contribution in [0.15, 0.2) is 104 Å². The van der Waals surface area contributed by atoms with Crippen LogP contribution in [0.3, 0.4) is 0 Å². The maximum Gasteiger partial charge on any atom is 0.513 e. The maximum atomic E-state index is 12.4. The molecule has 0 heterocycles. The summed E-state index contributed by atoms with van der Waals surface area (Å²) in [7, 11) is 0. The van der Waals surface area contributed by atoms with E-state index < -0.39 is 30.7 Å². The fraction of sp³-hybridized carbons (Fsp3) is 0.282. The molecule has 0 aliphatic carbocycles. The SMILES string of the molecule is C=CC(=O)OCCCCOC(=O)Oc1ccc(-c2ccc(/C=C/C(=O)Oc3ccc(OCCCCCCOC(=O)C(=C)CO)cc3)cc2)cc1. The summed E-state index contributed by atoms with van der Waals surface area (Å²) in [5, 5.41) is 8.85. The number of benzene rings is 3. The van der Waals surface area contributed by atoms with E-state index in [1.807, 2.05) is 36.4 Å². The molecule has 0 fully saturated rings. The van der Waals surface area contributed by atoms with Crippen LogP contribution in [0.2, 0.25) is 0 Å². The van der Waals surface area contributed by atoms with Gasteiger partial charge in [-0.3, -0.25) is 0 Å². The summed E-state index contributed by atoms with van der Waals surface area (Å²) in [6.07, 6.45) is 7.71. The molecule has 0 amide bonds. The third kappa shape index (κ3) is 15.0. The molecule has 0 saturated heterocycles. The lowest BCUT2D eigenvalue weighted by Crippen LogP contribution is -2.12. The summed E-state index contributed by atoms with van der Waals surface area (Å²) in [6.45, 7) is 7.52. The van der Waals surface area contributed by atoms with Crippen LogP contribution < -0.4 is 14.2 Å². The Morgan fingerprint density at radius 3 is 1.76 bits per heavy atom. The minimum atomic E-state index is -0.816. The molecule has 3 aromatic carbocycles. The number of hydrogen-bond acceptors (Lipinski definition) is 11. The lowest BCUT2D eigenvalue weighted by molar-refractivity contribution is -0.140. The molecule has 1 N–H and O–H groups in total. The van der Waals surface area contributed by atoms with Gasteiger partial charge in [-0.1, -0.05) is 49.6 Å². The van der Waals surface area contributed by atoms with E-state index in [0.717, 1.165) is 48.4 Å². The number of aliphatic hydroxyl groups is 1. The van der Waals surface area contributed by atoms with Crippen molar-refractivity contribution in [3.05, 3.63) is 109 Å². The molecule has 3 aromatic rings. The van der Waals surface area contributed by atoms with E-state index in [0.29, 0.717) is 43.3 Å². The summed E-state index contributed by atoms with van der Waals surface area (Å²) < 4.78 is 31.2. The number of carbonyl (C=O) groups is 4. The van der Waals surface area contributed by atoms with E-state index >= 15 is 0 Å². The molecule has 0 radical (unpaired) electrons. The standard InChI is InChI=1S/C39H42O11/c1-3-36(41)46-25-8-9-27-48-39(44)50-35-17-15-32(16-18-35)31-13-10-30(11-14-31)12-23-37(42)49-34-21-19-33(20-22-34)45-24-6-4-5-7-26-47-38(43)29(2)28-40/h3,10-23,40H,1-2,4-9,24-28H2/b23-12+. The second-order valence-electron chi connectivity index (χ2n) is 10.8. The number of ether oxygens (including phenoxy) is 6. The van der Waals surface area contributed by atoms with Gasteiger partial charge in [0.1, 0.15) is 17.2 Å². The Morgan fingerprint density at radius 1 is 0.600 bits per heavy atom. The highest BCUT2D eigenvalue weighted by molar-refractivity contribution is 5.89. The second-order valence-corrected chi connectivity index (χ2v) is 10.8. The van der Waals surface area contributed by atoms with Gasteiger partial charge in [-0.15, -0.1) is 0 Å². The van der Waals surface area contributed by atoms with Gasteiger partial charge in [0.05, 0.1) is 38.6 Å². The minimum Gasteiger partial charge on any atom is -0.494 e. The number of aliphatic hydroxyl groups excluding tert-OH is 1. The molecule has 0 aliphatic heterocycles. The second kappa shape index (κ2) is 22.0. The predicted molar refractivity (Wildman–Crippen MR) is 187 cm³/mol. The first-order valence-electron chi connectivity index (χ1n) is 16.2. The monoisotopic (exact) mass is 686 g/mol. The fourth-order valence-corrected chi connectivity index (χ4v) is 4.22. The van der Waals surface area contributed by atoms with E-state index in [4.69, 9.17) is 33.5 Å². The van der Waals surface area contributed by atoms with Crippen LogP contribution in [0.4, 0.5) is 4.79 Å². The van der Waals surface area contributed by atoms with E-state index in [1.165, 1.54) is 6.08 Å². The predicted octanol–water partition coefficient (Wildman–Crippen LogP) is 7.03. The number of unbranched alkanes of at least 4 members (excludes halogenated alkanes) is 4. The molecular weight excluding hydrogens is 644 g/mol. The lowest BCUT2D eigenvalue weighted by Gasteiger charge is -2.08. The van der Waals surface area contributed by atoms with E-state index in [-0.39, 0.29) is 18.8 Å². The topological polar surface area (TPSA) is 144 Å². The van der Waals surface area contributed by atoms with Crippen LogP contribution in [-0.2, 0) is 28.6 Å². The zero-order valence-electron chi connectivity index (χ0n) is 27.9. The fourth-order valence-electron chi connectivity index (χ4n) is 4.22. The largest absolute Gasteiger partial charge is 0.513 e. The maximum absolute atomic E-state index is 12.4. The molecule has 264 valence electrons. The van der Waals surface area contributed by atoms with Crippen LogP contribution in [0.1, 0.15) is 44.1 Å². The van der Waals surface area contributed by atoms with Crippen molar-refractivity contribution in [2.75, 3.05) is 33.0 Å². The quantitative estimate of drug-likeness (QED) is 0.0308. The van der Waals surface area contributed by atoms with Crippen LogP contribution in [0.5, 0.6) is 17.2 Å². The van der Waals surface area contributed by atoms with Gasteiger partial charge in [-0.05, 0) is 97.7 Å². The van der Waals surface area contributed by atoms with E-state index in [1.54, 1.807) is 42.5 Å². The summed E-state index contributed by atoms with van der Waals surface area (Å²) >= 11 is 0. The van der Waals surface area contributed by atoms with Gasteiger partial charge in [0.15, 0.2) is 0 Å². The zero-order valence-corrected chi connectivity index (χ0v) is 27.9. The van der Waals surface area contributed by atoms with Gasteiger partial charge < -0.3 is 33.5 Å². The van der Waals surface area contributed by atoms with E-state index in [2.05, 4.69) is 13.2 Å². The summed E-state index contributed by atoms with van der Waals surface area (Å²) in [6, 6.07) is 21.3. The van der Waals surface area contributed by atoms with Crippen molar-refractivity contribution < 1.29 is 52.7 Å². The van der Waals surface area contributed by atoms with Gasteiger partial charge in [0, 0.05) is 12.2 Å². The van der Waals surface area contributed by atoms with E-state index in [9.17, 15) is 19.2 Å². The molecule has 3 rings (SSSR count). The smallest absolute Gasteiger partial charge is 0.494 e. The van der Waals surface area contributed by atoms with Crippen LogP contribution in [0, 0.1) is 0 Å². The van der Waals surface area contributed by atoms with Gasteiger partial charge >= 0.3 is 24.1 Å². The molecule has 0 atom stereocenters.